The molecule has 3 rings (SSSR count). The molecular weight excluding hydrogens is 295 g/mol. The molecule has 0 aliphatic carbocycles. The smallest absolute Gasteiger partial charge is 0.228 e. The van der Waals surface area contributed by atoms with Crippen LogP contribution in [0.4, 0.5) is 10.1 Å². The summed E-state index contributed by atoms with van der Waals surface area (Å²) in [6, 6.07) is 11.7. The van der Waals surface area contributed by atoms with E-state index in [1.54, 1.807) is 36.5 Å². The number of carbonyl (C=O) groups excluding carboxylic acids is 1. The van der Waals surface area contributed by atoms with Gasteiger partial charge in [0.1, 0.15) is 11.6 Å². The van der Waals surface area contributed by atoms with Crippen molar-refractivity contribution in [2.75, 3.05) is 11.9 Å². The van der Waals surface area contributed by atoms with Crippen LogP contribution < -0.4 is 10.1 Å². The third kappa shape index (κ3) is 3.51. The number of ether oxygens (including phenoxy) is 1. The van der Waals surface area contributed by atoms with Gasteiger partial charge in [0.25, 0.3) is 0 Å². The van der Waals surface area contributed by atoms with Crippen molar-refractivity contribution in [3.63, 3.8) is 0 Å². The molecule has 5 heteroatoms. The minimum atomic E-state index is -0.315. The van der Waals surface area contributed by atoms with E-state index in [0.717, 1.165) is 22.2 Å². The molecule has 118 valence electrons. The van der Waals surface area contributed by atoms with Gasteiger partial charge in [-0.15, -0.1) is 0 Å². The first kappa shape index (κ1) is 15.1. The van der Waals surface area contributed by atoms with Crippen LogP contribution in [0, 0.1) is 5.82 Å². The minimum absolute atomic E-state index is 0.153. The number of anilines is 1. The maximum Gasteiger partial charge on any atom is 0.228 e. The van der Waals surface area contributed by atoms with E-state index in [2.05, 4.69) is 10.3 Å². The predicted octanol–water partition coefficient (Wildman–Crippen LogP) is 3.89. The Bertz CT molecular complexity index is 825. The van der Waals surface area contributed by atoms with E-state index >= 15 is 0 Å². The number of halogens is 1. The Labute approximate surface area is 133 Å². The lowest BCUT2D eigenvalue weighted by Crippen LogP contribution is -2.14. The Morgan fingerprint density at radius 1 is 1.22 bits per heavy atom. The van der Waals surface area contributed by atoms with E-state index in [0.29, 0.717) is 12.3 Å². The number of benzene rings is 2. The molecule has 0 aliphatic heterocycles. The second-order valence-electron chi connectivity index (χ2n) is 5.19. The van der Waals surface area contributed by atoms with Crippen LogP contribution in [0.15, 0.2) is 48.7 Å². The number of amides is 1. The Kier molecular flexibility index (Phi) is 4.28. The highest BCUT2D eigenvalue weighted by atomic mass is 19.1. The van der Waals surface area contributed by atoms with Crippen LogP contribution >= 0.6 is 0 Å². The number of hydrogen-bond donors (Lipinski definition) is 2. The number of hydrogen-bond acceptors (Lipinski definition) is 2. The van der Waals surface area contributed by atoms with E-state index in [1.165, 1.54) is 12.1 Å². The van der Waals surface area contributed by atoms with Crippen LogP contribution in [-0.4, -0.2) is 17.5 Å². The summed E-state index contributed by atoms with van der Waals surface area (Å²) in [6.45, 7) is 2.52. The topological polar surface area (TPSA) is 54.1 Å². The number of aromatic nitrogens is 1. The van der Waals surface area contributed by atoms with Crippen molar-refractivity contribution in [3.8, 4) is 5.75 Å². The zero-order valence-electron chi connectivity index (χ0n) is 12.7. The van der Waals surface area contributed by atoms with Crippen molar-refractivity contribution >= 4 is 22.5 Å². The maximum atomic E-state index is 13.4. The van der Waals surface area contributed by atoms with Gasteiger partial charge < -0.3 is 15.0 Å². The van der Waals surface area contributed by atoms with Crippen molar-refractivity contribution in [3.05, 3.63) is 60.0 Å². The highest BCUT2D eigenvalue weighted by Gasteiger charge is 2.10. The first-order valence-electron chi connectivity index (χ1n) is 7.44. The molecule has 23 heavy (non-hydrogen) atoms. The summed E-state index contributed by atoms with van der Waals surface area (Å²) in [5.41, 5.74) is 2.28. The average molecular weight is 312 g/mol. The number of nitrogens with one attached hydrogen (secondary N) is 2. The maximum absolute atomic E-state index is 13.4. The third-order valence-electron chi connectivity index (χ3n) is 3.53. The van der Waals surface area contributed by atoms with Crippen molar-refractivity contribution in [2.45, 2.75) is 13.3 Å². The van der Waals surface area contributed by atoms with Crippen molar-refractivity contribution in [1.82, 2.24) is 4.98 Å². The summed E-state index contributed by atoms with van der Waals surface area (Å²) in [5.74, 6) is 0.294. The summed E-state index contributed by atoms with van der Waals surface area (Å²) in [4.78, 5) is 15.2. The summed E-state index contributed by atoms with van der Waals surface area (Å²) < 4.78 is 18.7. The van der Waals surface area contributed by atoms with Crippen molar-refractivity contribution in [2.24, 2.45) is 0 Å². The highest BCUT2D eigenvalue weighted by Crippen LogP contribution is 2.21. The first-order chi connectivity index (χ1) is 11.2. The quantitative estimate of drug-likeness (QED) is 0.751. The molecule has 1 aromatic heterocycles. The zero-order chi connectivity index (χ0) is 16.2. The molecule has 0 bridgehead atoms. The van der Waals surface area contributed by atoms with E-state index in [9.17, 15) is 9.18 Å². The molecular formula is C18H17FN2O2. The average Bonchev–Trinajstić information content (AvgIpc) is 2.92. The number of aromatic amines is 1. The molecule has 2 aromatic carbocycles. The van der Waals surface area contributed by atoms with Crippen molar-refractivity contribution in [1.29, 1.82) is 0 Å². The number of carbonyl (C=O) groups is 1. The lowest BCUT2D eigenvalue weighted by molar-refractivity contribution is -0.115. The molecule has 0 saturated heterocycles. The van der Waals surface area contributed by atoms with E-state index in [-0.39, 0.29) is 18.1 Å². The number of H-pyrrole nitrogens is 1. The van der Waals surface area contributed by atoms with Gasteiger partial charge in [0.2, 0.25) is 5.91 Å². The summed E-state index contributed by atoms with van der Waals surface area (Å²) >= 11 is 0. The summed E-state index contributed by atoms with van der Waals surface area (Å²) in [5, 5.41) is 3.56. The second-order valence-corrected chi connectivity index (χ2v) is 5.19. The molecule has 0 atom stereocenters. The zero-order valence-corrected chi connectivity index (χ0v) is 12.7. The van der Waals surface area contributed by atoms with E-state index in [1.807, 2.05) is 6.92 Å². The molecule has 3 aromatic rings. The second kappa shape index (κ2) is 6.52. The summed E-state index contributed by atoms with van der Waals surface area (Å²) in [6.07, 6.45) is 1.92. The molecule has 0 saturated carbocycles. The lowest BCUT2D eigenvalue weighted by Gasteiger charge is -2.07. The molecule has 0 spiro atoms. The molecule has 1 amide bonds. The van der Waals surface area contributed by atoms with Crippen molar-refractivity contribution < 1.29 is 13.9 Å². The molecule has 0 fully saturated rings. The first-order valence-corrected chi connectivity index (χ1v) is 7.44. The Morgan fingerprint density at radius 3 is 2.74 bits per heavy atom. The number of rotatable bonds is 5. The fourth-order valence-electron chi connectivity index (χ4n) is 2.48. The van der Waals surface area contributed by atoms with E-state index in [4.69, 9.17) is 4.74 Å². The van der Waals surface area contributed by atoms with Gasteiger partial charge in [0, 0.05) is 22.8 Å². The SMILES string of the molecule is CCOc1ccc(NC(=O)Cc2c[nH]c3ccc(F)cc23)cc1. The monoisotopic (exact) mass is 312 g/mol. The van der Waals surface area contributed by atoms with Gasteiger partial charge in [-0.1, -0.05) is 0 Å². The van der Waals surface area contributed by atoms with Crippen LogP contribution in [0.25, 0.3) is 10.9 Å². The molecule has 2 N–H and O–H groups in total. The lowest BCUT2D eigenvalue weighted by atomic mass is 10.1. The Morgan fingerprint density at radius 2 is 2.00 bits per heavy atom. The largest absolute Gasteiger partial charge is 0.494 e. The molecule has 4 nitrogen and oxygen atoms in total. The Hall–Kier alpha value is -2.82. The van der Waals surface area contributed by atoms with Crippen LogP contribution in [0.1, 0.15) is 12.5 Å². The minimum Gasteiger partial charge on any atom is -0.494 e. The number of fused-ring (bicyclic) bond motifs is 1. The molecule has 0 aliphatic rings. The van der Waals surface area contributed by atoms with Gasteiger partial charge in [0.15, 0.2) is 0 Å². The molecule has 1 heterocycles. The van der Waals surface area contributed by atoms with E-state index < -0.39 is 0 Å². The van der Waals surface area contributed by atoms with Crippen LogP contribution in [-0.2, 0) is 11.2 Å². The fraction of sp³-hybridized carbons (Fsp3) is 0.167. The van der Waals surface area contributed by atoms with Crippen LogP contribution in [0.3, 0.4) is 0 Å². The predicted molar refractivity (Wildman–Crippen MR) is 88.2 cm³/mol. The van der Waals surface area contributed by atoms with Gasteiger partial charge in [-0.25, -0.2) is 4.39 Å². The normalized spacial score (nSPS) is 10.7. The van der Waals surface area contributed by atoms with Crippen LogP contribution in [0.5, 0.6) is 5.75 Å². The third-order valence-corrected chi connectivity index (χ3v) is 3.53. The van der Waals surface area contributed by atoms with Gasteiger partial charge in [-0.05, 0) is 55.0 Å². The molecule has 0 unspecified atom stereocenters. The summed E-state index contributed by atoms with van der Waals surface area (Å²) in [7, 11) is 0. The fourth-order valence-corrected chi connectivity index (χ4v) is 2.48. The van der Waals surface area contributed by atoms with Gasteiger partial charge in [-0.2, -0.15) is 0 Å². The standard InChI is InChI=1S/C18H17FN2O2/c1-2-23-15-6-4-14(5-7-15)21-18(22)9-12-11-20-17-8-3-13(19)10-16(12)17/h3-8,10-11,20H,2,9H2,1H3,(H,21,22). The van der Waals surface area contributed by atoms with Gasteiger partial charge in [0.05, 0.1) is 13.0 Å². The Balaban J connectivity index is 1.69. The highest BCUT2D eigenvalue weighted by molar-refractivity contribution is 5.95. The van der Waals surface area contributed by atoms with Gasteiger partial charge >= 0.3 is 0 Å². The van der Waals surface area contributed by atoms with Gasteiger partial charge in [-0.3, -0.25) is 4.79 Å². The molecule has 0 radical (unpaired) electrons. The van der Waals surface area contributed by atoms with Crippen LogP contribution in [0.2, 0.25) is 0 Å².